The van der Waals surface area contributed by atoms with Crippen molar-refractivity contribution in [1.29, 1.82) is 0 Å². The maximum absolute atomic E-state index is 13.1. The predicted molar refractivity (Wildman–Crippen MR) is 76.2 cm³/mol. The van der Waals surface area contributed by atoms with Crippen LogP contribution in [0, 0.1) is 12.7 Å². The number of nitrogens with two attached hydrogens (primary N) is 1. The Balaban J connectivity index is 2.21. The molecule has 0 unspecified atom stereocenters. The van der Waals surface area contributed by atoms with Gasteiger partial charge in [-0.2, -0.15) is 0 Å². The molecule has 3 N–H and O–H groups in total. The van der Waals surface area contributed by atoms with Gasteiger partial charge in [0.2, 0.25) is 0 Å². The summed E-state index contributed by atoms with van der Waals surface area (Å²) < 4.78 is 18.3. The molecule has 106 valence electrons. The summed E-state index contributed by atoms with van der Waals surface area (Å²) in [5, 5.41) is 3.10. The van der Waals surface area contributed by atoms with Gasteiger partial charge in [-0.3, -0.25) is 0 Å². The van der Waals surface area contributed by atoms with E-state index in [2.05, 4.69) is 15.3 Å². The van der Waals surface area contributed by atoms with Crippen LogP contribution in [0.25, 0.3) is 0 Å². The molecule has 0 spiro atoms. The monoisotopic (exact) mass is 276 g/mol. The summed E-state index contributed by atoms with van der Waals surface area (Å²) in [6.45, 7) is 4.60. The van der Waals surface area contributed by atoms with Crippen molar-refractivity contribution in [2.24, 2.45) is 0 Å². The van der Waals surface area contributed by atoms with Gasteiger partial charge >= 0.3 is 0 Å². The zero-order valence-electron chi connectivity index (χ0n) is 11.5. The van der Waals surface area contributed by atoms with E-state index in [9.17, 15) is 4.39 Å². The van der Waals surface area contributed by atoms with Crippen molar-refractivity contribution in [3.8, 4) is 0 Å². The van der Waals surface area contributed by atoms with Gasteiger partial charge in [-0.15, -0.1) is 0 Å². The van der Waals surface area contributed by atoms with Gasteiger partial charge in [-0.1, -0.05) is 0 Å². The van der Waals surface area contributed by atoms with Gasteiger partial charge in [0.25, 0.3) is 0 Å². The minimum absolute atomic E-state index is 0.271. The highest BCUT2D eigenvalue weighted by Crippen LogP contribution is 2.21. The van der Waals surface area contributed by atoms with E-state index in [4.69, 9.17) is 10.5 Å². The first-order valence-corrected chi connectivity index (χ1v) is 6.33. The fourth-order valence-electron chi connectivity index (χ4n) is 1.74. The SMILES string of the molecule is CCOCc1nc(N)cc(Nc2ccc(F)cc2C)n1. The zero-order chi connectivity index (χ0) is 14.5. The second-order valence-corrected chi connectivity index (χ2v) is 4.32. The van der Waals surface area contributed by atoms with Gasteiger partial charge in [-0.25, -0.2) is 14.4 Å². The minimum atomic E-state index is -0.271. The second-order valence-electron chi connectivity index (χ2n) is 4.32. The number of aryl methyl sites for hydroxylation is 1. The van der Waals surface area contributed by atoms with Crippen LogP contribution in [0.2, 0.25) is 0 Å². The number of halogens is 1. The first-order valence-electron chi connectivity index (χ1n) is 6.33. The van der Waals surface area contributed by atoms with Crippen LogP contribution in [-0.4, -0.2) is 16.6 Å². The Morgan fingerprint density at radius 1 is 1.30 bits per heavy atom. The molecule has 0 aliphatic carbocycles. The lowest BCUT2D eigenvalue weighted by molar-refractivity contribution is 0.128. The number of rotatable bonds is 5. The topological polar surface area (TPSA) is 73.1 Å². The molecule has 6 heteroatoms. The van der Waals surface area contributed by atoms with Crippen LogP contribution < -0.4 is 11.1 Å². The van der Waals surface area contributed by atoms with Gasteiger partial charge in [0.15, 0.2) is 5.82 Å². The number of benzene rings is 1. The number of hydrogen-bond acceptors (Lipinski definition) is 5. The van der Waals surface area contributed by atoms with Crippen LogP contribution in [0.3, 0.4) is 0 Å². The number of anilines is 3. The van der Waals surface area contributed by atoms with E-state index in [-0.39, 0.29) is 5.82 Å². The van der Waals surface area contributed by atoms with Gasteiger partial charge in [0.1, 0.15) is 24.1 Å². The molecule has 0 bridgehead atoms. The molecule has 0 atom stereocenters. The van der Waals surface area contributed by atoms with Crippen molar-refractivity contribution in [1.82, 2.24) is 9.97 Å². The van der Waals surface area contributed by atoms with Gasteiger partial charge in [0, 0.05) is 18.4 Å². The lowest BCUT2D eigenvalue weighted by Gasteiger charge is -2.10. The zero-order valence-corrected chi connectivity index (χ0v) is 11.5. The quantitative estimate of drug-likeness (QED) is 0.878. The Hall–Kier alpha value is -2.21. The number of nitrogens with one attached hydrogen (secondary N) is 1. The van der Waals surface area contributed by atoms with Crippen molar-refractivity contribution >= 4 is 17.3 Å². The van der Waals surface area contributed by atoms with Gasteiger partial charge < -0.3 is 15.8 Å². The highest BCUT2D eigenvalue weighted by molar-refractivity contribution is 5.61. The van der Waals surface area contributed by atoms with Crippen molar-refractivity contribution in [2.75, 3.05) is 17.7 Å². The van der Waals surface area contributed by atoms with E-state index in [1.165, 1.54) is 12.1 Å². The summed E-state index contributed by atoms with van der Waals surface area (Å²) in [5.74, 6) is 1.15. The Morgan fingerprint density at radius 2 is 2.10 bits per heavy atom. The predicted octanol–water partition coefficient (Wildman–Crippen LogP) is 2.79. The lowest BCUT2D eigenvalue weighted by atomic mass is 10.2. The average Bonchev–Trinajstić information content (AvgIpc) is 2.39. The number of aromatic nitrogens is 2. The summed E-state index contributed by atoms with van der Waals surface area (Å²) in [6.07, 6.45) is 0. The molecule has 0 fully saturated rings. The third-order valence-corrected chi connectivity index (χ3v) is 2.68. The van der Waals surface area contributed by atoms with Crippen LogP contribution in [0.15, 0.2) is 24.3 Å². The van der Waals surface area contributed by atoms with Crippen molar-refractivity contribution in [2.45, 2.75) is 20.5 Å². The number of hydrogen-bond donors (Lipinski definition) is 2. The summed E-state index contributed by atoms with van der Waals surface area (Å²) in [7, 11) is 0. The van der Waals surface area contributed by atoms with Crippen molar-refractivity contribution in [3.05, 3.63) is 41.5 Å². The van der Waals surface area contributed by atoms with Crippen molar-refractivity contribution in [3.63, 3.8) is 0 Å². The fraction of sp³-hybridized carbons (Fsp3) is 0.286. The van der Waals surface area contributed by atoms with Crippen LogP contribution >= 0.6 is 0 Å². The summed E-state index contributed by atoms with van der Waals surface area (Å²) in [6, 6.07) is 6.12. The molecule has 20 heavy (non-hydrogen) atoms. The van der Waals surface area contributed by atoms with Gasteiger partial charge in [-0.05, 0) is 37.6 Å². The maximum Gasteiger partial charge on any atom is 0.158 e. The molecule has 5 nitrogen and oxygen atoms in total. The molecule has 0 saturated heterocycles. The molecule has 0 amide bonds. The Kier molecular flexibility index (Phi) is 4.47. The van der Waals surface area contributed by atoms with E-state index in [1.807, 2.05) is 13.8 Å². The van der Waals surface area contributed by atoms with Crippen LogP contribution in [0.5, 0.6) is 0 Å². The number of nitrogens with zero attached hydrogens (tertiary/aromatic N) is 2. The fourth-order valence-corrected chi connectivity index (χ4v) is 1.74. The summed E-state index contributed by atoms with van der Waals surface area (Å²) >= 11 is 0. The van der Waals surface area contributed by atoms with E-state index >= 15 is 0 Å². The highest BCUT2D eigenvalue weighted by Gasteiger charge is 2.05. The van der Waals surface area contributed by atoms with Crippen LogP contribution in [-0.2, 0) is 11.3 Å². The van der Waals surface area contributed by atoms with Crippen LogP contribution in [0.4, 0.5) is 21.7 Å². The number of ether oxygens (including phenoxy) is 1. The Bertz CT molecular complexity index is 604. The standard InChI is InChI=1S/C14H17FN4O/c1-3-20-8-14-18-12(16)7-13(19-14)17-11-5-4-10(15)6-9(11)2/h4-7H,3,8H2,1-2H3,(H3,16,17,18,19). The molecule has 0 aliphatic rings. The normalized spacial score (nSPS) is 10.6. The second kappa shape index (κ2) is 6.29. The molecular formula is C14H17FN4O. The molecule has 2 rings (SSSR count). The third kappa shape index (κ3) is 3.64. The molecule has 0 aliphatic heterocycles. The molecule has 1 heterocycles. The molecule has 0 saturated carbocycles. The molecule has 1 aromatic carbocycles. The van der Waals surface area contributed by atoms with E-state index in [0.717, 1.165) is 11.3 Å². The minimum Gasteiger partial charge on any atom is -0.384 e. The lowest BCUT2D eigenvalue weighted by Crippen LogP contribution is -2.05. The summed E-state index contributed by atoms with van der Waals surface area (Å²) in [4.78, 5) is 8.40. The average molecular weight is 276 g/mol. The maximum atomic E-state index is 13.1. The largest absolute Gasteiger partial charge is 0.384 e. The third-order valence-electron chi connectivity index (χ3n) is 2.68. The van der Waals surface area contributed by atoms with Crippen LogP contribution in [0.1, 0.15) is 18.3 Å². The molecule has 0 radical (unpaired) electrons. The molecular weight excluding hydrogens is 259 g/mol. The Morgan fingerprint density at radius 3 is 2.80 bits per heavy atom. The van der Waals surface area contributed by atoms with Crippen molar-refractivity contribution < 1.29 is 9.13 Å². The van der Waals surface area contributed by atoms with Gasteiger partial charge in [0.05, 0.1) is 0 Å². The first-order chi connectivity index (χ1) is 9.58. The highest BCUT2D eigenvalue weighted by atomic mass is 19.1. The molecule has 1 aromatic heterocycles. The smallest absolute Gasteiger partial charge is 0.158 e. The van der Waals surface area contributed by atoms with E-state index in [1.54, 1.807) is 12.1 Å². The van der Waals surface area contributed by atoms with E-state index < -0.39 is 0 Å². The molecule has 2 aromatic rings. The first kappa shape index (κ1) is 14.2. The Labute approximate surface area is 117 Å². The summed E-state index contributed by atoms with van der Waals surface area (Å²) in [5.41, 5.74) is 7.30. The van der Waals surface area contributed by atoms with E-state index in [0.29, 0.717) is 30.7 Å². The number of nitrogen functional groups attached to an aromatic ring is 1.